The van der Waals surface area contributed by atoms with Crippen molar-refractivity contribution in [3.05, 3.63) is 29.3 Å². The SMILES string of the molecule is NC(=O)Nc1ccc(C=O)cc1C=O. The van der Waals surface area contributed by atoms with Crippen LogP contribution in [0.1, 0.15) is 20.7 Å². The molecule has 0 aromatic heterocycles. The Hall–Kier alpha value is -2.17. The molecule has 0 aliphatic carbocycles. The third kappa shape index (κ3) is 2.16. The van der Waals surface area contributed by atoms with Gasteiger partial charge in [-0.1, -0.05) is 0 Å². The Morgan fingerprint density at radius 2 is 2.00 bits per heavy atom. The number of primary amides is 1. The van der Waals surface area contributed by atoms with Gasteiger partial charge >= 0.3 is 6.03 Å². The summed E-state index contributed by atoms with van der Waals surface area (Å²) in [5, 5.41) is 2.27. The van der Waals surface area contributed by atoms with E-state index in [1.165, 1.54) is 18.2 Å². The maximum Gasteiger partial charge on any atom is 0.316 e. The van der Waals surface area contributed by atoms with Gasteiger partial charge in [0.2, 0.25) is 0 Å². The number of benzene rings is 1. The summed E-state index contributed by atoms with van der Waals surface area (Å²) in [6.45, 7) is 0. The number of nitrogens with one attached hydrogen (secondary N) is 1. The molecule has 0 spiro atoms. The van der Waals surface area contributed by atoms with E-state index in [1.54, 1.807) is 0 Å². The summed E-state index contributed by atoms with van der Waals surface area (Å²) >= 11 is 0. The van der Waals surface area contributed by atoms with Gasteiger partial charge in [-0.2, -0.15) is 0 Å². The lowest BCUT2D eigenvalue weighted by molar-refractivity contribution is 0.112. The molecule has 0 heterocycles. The predicted molar refractivity (Wildman–Crippen MR) is 50.4 cm³/mol. The molecule has 0 saturated heterocycles. The van der Waals surface area contributed by atoms with Crippen LogP contribution in [0.25, 0.3) is 0 Å². The van der Waals surface area contributed by atoms with Gasteiger partial charge in [0.05, 0.1) is 5.69 Å². The number of rotatable bonds is 3. The Morgan fingerprint density at radius 3 is 2.50 bits per heavy atom. The third-order valence-electron chi connectivity index (χ3n) is 1.60. The van der Waals surface area contributed by atoms with Crippen molar-refractivity contribution in [2.24, 2.45) is 5.73 Å². The first-order chi connectivity index (χ1) is 6.67. The van der Waals surface area contributed by atoms with Crippen molar-refractivity contribution in [2.75, 3.05) is 5.32 Å². The number of urea groups is 1. The van der Waals surface area contributed by atoms with E-state index in [0.717, 1.165) is 0 Å². The van der Waals surface area contributed by atoms with Gasteiger partial charge in [-0.3, -0.25) is 9.59 Å². The van der Waals surface area contributed by atoms with Crippen LogP contribution in [0, 0.1) is 0 Å². The molecule has 2 amide bonds. The summed E-state index contributed by atoms with van der Waals surface area (Å²) in [5.74, 6) is 0. The molecule has 0 aliphatic heterocycles. The lowest BCUT2D eigenvalue weighted by Gasteiger charge is -2.04. The van der Waals surface area contributed by atoms with E-state index in [2.05, 4.69) is 5.32 Å². The number of hydrogen-bond acceptors (Lipinski definition) is 3. The molecule has 0 bridgehead atoms. The quantitative estimate of drug-likeness (QED) is 0.694. The molecule has 0 aliphatic rings. The standard InChI is InChI=1S/C9H8N2O3/c10-9(14)11-8-2-1-6(4-12)3-7(8)5-13/h1-5H,(H3,10,11,14). The smallest absolute Gasteiger partial charge is 0.316 e. The lowest BCUT2D eigenvalue weighted by Crippen LogP contribution is -2.20. The summed E-state index contributed by atoms with van der Waals surface area (Å²) < 4.78 is 0. The first kappa shape index (κ1) is 9.91. The number of carbonyl (C=O) groups excluding carboxylic acids is 3. The number of hydrogen-bond donors (Lipinski definition) is 2. The van der Waals surface area contributed by atoms with Gasteiger partial charge in [0.25, 0.3) is 0 Å². The van der Waals surface area contributed by atoms with Crippen LogP contribution < -0.4 is 11.1 Å². The van der Waals surface area contributed by atoms with E-state index in [9.17, 15) is 14.4 Å². The monoisotopic (exact) mass is 192 g/mol. The Balaban J connectivity index is 3.10. The van der Waals surface area contributed by atoms with Crippen molar-refractivity contribution in [1.29, 1.82) is 0 Å². The number of aldehydes is 2. The molecular weight excluding hydrogens is 184 g/mol. The first-order valence-corrected chi connectivity index (χ1v) is 3.78. The van der Waals surface area contributed by atoms with Crippen LogP contribution in [0.3, 0.4) is 0 Å². The van der Waals surface area contributed by atoms with Gasteiger partial charge in [-0.05, 0) is 18.2 Å². The molecule has 1 rings (SSSR count). The Labute approximate surface area is 79.9 Å². The van der Waals surface area contributed by atoms with Crippen LogP contribution >= 0.6 is 0 Å². The fourth-order valence-electron chi connectivity index (χ4n) is 0.999. The molecular formula is C9H8N2O3. The molecule has 5 nitrogen and oxygen atoms in total. The molecule has 3 N–H and O–H groups in total. The summed E-state index contributed by atoms with van der Waals surface area (Å²) in [6, 6.07) is 3.53. The zero-order valence-electron chi connectivity index (χ0n) is 7.19. The molecule has 0 radical (unpaired) electrons. The van der Waals surface area contributed by atoms with Gasteiger partial charge in [0.15, 0.2) is 6.29 Å². The van der Waals surface area contributed by atoms with Crippen molar-refractivity contribution < 1.29 is 14.4 Å². The van der Waals surface area contributed by atoms with Crippen LogP contribution in [-0.2, 0) is 0 Å². The average Bonchev–Trinajstić information content (AvgIpc) is 2.17. The Kier molecular flexibility index (Phi) is 2.96. The normalized spacial score (nSPS) is 9.14. The summed E-state index contributed by atoms with van der Waals surface area (Å²) in [5.41, 5.74) is 5.75. The van der Waals surface area contributed by atoms with Crippen molar-refractivity contribution in [2.45, 2.75) is 0 Å². The summed E-state index contributed by atoms with van der Waals surface area (Å²) in [4.78, 5) is 31.5. The van der Waals surface area contributed by atoms with E-state index in [0.29, 0.717) is 18.1 Å². The van der Waals surface area contributed by atoms with E-state index < -0.39 is 6.03 Å². The highest BCUT2D eigenvalue weighted by molar-refractivity contribution is 5.96. The Bertz CT molecular complexity index is 388. The molecule has 0 saturated carbocycles. The number of nitrogens with two attached hydrogens (primary N) is 1. The molecule has 1 aromatic rings. The van der Waals surface area contributed by atoms with Crippen LogP contribution in [0.5, 0.6) is 0 Å². The molecule has 14 heavy (non-hydrogen) atoms. The minimum absolute atomic E-state index is 0.216. The van der Waals surface area contributed by atoms with Crippen LogP contribution in [0.2, 0.25) is 0 Å². The highest BCUT2D eigenvalue weighted by Crippen LogP contribution is 2.14. The predicted octanol–water partition coefficient (Wildman–Crippen LogP) is 0.802. The zero-order valence-corrected chi connectivity index (χ0v) is 7.19. The minimum Gasteiger partial charge on any atom is -0.351 e. The Morgan fingerprint density at radius 1 is 1.29 bits per heavy atom. The van der Waals surface area contributed by atoms with Gasteiger partial charge in [-0.15, -0.1) is 0 Å². The molecule has 5 heteroatoms. The van der Waals surface area contributed by atoms with Gasteiger partial charge in [-0.25, -0.2) is 4.79 Å². The summed E-state index contributed by atoms with van der Waals surface area (Å²) in [6.07, 6.45) is 1.15. The first-order valence-electron chi connectivity index (χ1n) is 3.78. The van der Waals surface area contributed by atoms with Gasteiger partial charge in [0, 0.05) is 11.1 Å². The number of carbonyl (C=O) groups is 3. The molecule has 0 unspecified atom stereocenters. The largest absolute Gasteiger partial charge is 0.351 e. The molecule has 72 valence electrons. The molecule has 0 atom stereocenters. The highest BCUT2D eigenvalue weighted by atomic mass is 16.2. The number of amides is 2. The highest BCUT2D eigenvalue weighted by Gasteiger charge is 2.04. The minimum atomic E-state index is -0.757. The second kappa shape index (κ2) is 4.18. The molecule has 1 aromatic carbocycles. The van der Waals surface area contributed by atoms with Gasteiger partial charge < -0.3 is 11.1 Å². The van der Waals surface area contributed by atoms with E-state index in [-0.39, 0.29) is 11.3 Å². The second-order valence-electron chi connectivity index (χ2n) is 2.57. The fourth-order valence-corrected chi connectivity index (χ4v) is 0.999. The van der Waals surface area contributed by atoms with Gasteiger partial charge in [0.1, 0.15) is 6.29 Å². The zero-order chi connectivity index (χ0) is 10.6. The van der Waals surface area contributed by atoms with Crippen molar-refractivity contribution in [3.63, 3.8) is 0 Å². The van der Waals surface area contributed by atoms with Crippen LogP contribution in [0.4, 0.5) is 10.5 Å². The van der Waals surface area contributed by atoms with Crippen molar-refractivity contribution in [1.82, 2.24) is 0 Å². The van der Waals surface area contributed by atoms with E-state index >= 15 is 0 Å². The fraction of sp³-hybridized carbons (Fsp3) is 0. The number of anilines is 1. The van der Waals surface area contributed by atoms with Crippen molar-refractivity contribution >= 4 is 24.3 Å². The topological polar surface area (TPSA) is 89.3 Å². The maximum atomic E-state index is 10.6. The maximum absolute atomic E-state index is 10.6. The van der Waals surface area contributed by atoms with E-state index in [4.69, 9.17) is 5.73 Å². The third-order valence-corrected chi connectivity index (χ3v) is 1.60. The lowest BCUT2D eigenvalue weighted by atomic mass is 10.1. The van der Waals surface area contributed by atoms with Crippen LogP contribution in [-0.4, -0.2) is 18.6 Å². The van der Waals surface area contributed by atoms with Crippen LogP contribution in [0.15, 0.2) is 18.2 Å². The summed E-state index contributed by atoms with van der Waals surface area (Å²) in [7, 11) is 0. The molecule has 0 fully saturated rings. The van der Waals surface area contributed by atoms with E-state index in [1.807, 2.05) is 0 Å². The average molecular weight is 192 g/mol. The second-order valence-corrected chi connectivity index (χ2v) is 2.57. The van der Waals surface area contributed by atoms with Crippen molar-refractivity contribution in [3.8, 4) is 0 Å².